The third-order valence-electron chi connectivity index (χ3n) is 5.99. The number of piperidine rings is 1. The average Bonchev–Trinajstić information content (AvgIpc) is 3.22. The Labute approximate surface area is 187 Å². The van der Waals surface area contributed by atoms with E-state index in [0.717, 1.165) is 20.8 Å². The van der Waals surface area contributed by atoms with Crippen molar-refractivity contribution in [1.29, 1.82) is 0 Å². The Bertz CT molecular complexity index is 1190. The van der Waals surface area contributed by atoms with Crippen molar-refractivity contribution in [2.45, 2.75) is 19.3 Å². The number of benzene rings is 2. The lowest BCUT2D eigenvalue weighted by molar-refractivity contribution is -0.126. The second kappa shape index (κ2) is 9.30. The summed E-state index contributed by atoms with van der Waals surface area (Å²) in [5, 5.41) is 4.10. The van der Waals surface area contributed by atoms with Crippen LogP contribution in [0.2, 0.25) is 0 Å². The summed E-state index contributed by atoms with van der Waals surface area (Å²) >= 11 is 0. The van der Waals surface area contributed by atoms with Gasteiger partial charge in [0.2, 0.25) is 5.91 Å². The third-order valence-corrected chi connectivity index (χ3v) is 7.87. The van der Waals surface area contributed by atoms with Crippen molar-refractivity contribution >= 4 is 32.7 Å². The van der Waals surface area contributed by atoms with E-state index in [1.54, 1.807) is 0 Å². The van der Waals surface area contributed by atoms with Crippen LogP contribution in [0.25, 0.3) is 10.9 Å². The molecule has 1 amide bonds. The third kappa shape index (κ3) is 4.63. The number of fused-ring (bicyclic) bond motifs is 1. The molecule has 3 aromatic rings. The normalized spacial score (nSPS) is 17.4. The van der Waals surface area contributed by atoms with Gasteiger partial charge in [-0.2, -0.15) is 12.7 Å². The van der Waals surface area contributed by atoms with E-state index in [-0.39, 0.29) is 12.5 Å². The fraction of sp³-hybridized carbons (Fsp3) is 0.348. The summed E-state index contributed by atoms with van der Waals surface area (Å²) in [6.45, 7) is 0.971. The smallest absolute Gasteiger partial charge is 0.303 e. The number of hydrogen-bond acceptors (Lipinski definition) is 3. The van der Waals surface area contributed by atoms with Crippen molar-refractivity contribution in [1.82, 2.24) is 14.6 Å². The van der Waals surface area contributed by atoms with Crippen LogP contribution in [-0.4, -0.2) is 50.3 Å². The van der Waals surface area contributed by atoms with E-state index >= 15 is 0 Å². The average molecular weight is 459 g/mol. The van der Waals surface area contributed by atoms with Crippen molar-refractivity contribution in [3.8, 4) is 0 Å². The van der Waals surface area contributed by atoms with Gasteiger partial charge in [0.05, 0.1) is 11.6 Å². The predicted molar refractivity (Wildman–Crippen MR) is 123 cm³/mol. The van der Waals surface area contributed by atoms with Gasteiger partial charge in [-0.05, 0) is 55.2 Å². The predicted octanol–water partition coefficient (Wildman–Crippen LogP) is 3.06. The van der Waals surface area contributed by atoms with E-state index < -0.39 is 21.9 Å². The molecule has 0 radical (unpaired) electrons. The zero-order valence-corrected chi connectivity index (χ0v) is 18.7. The van der Waals surface area contributed by atoms with E-state index in [4.69, 9.17) is 0 Å². The Balaban J connectivity index is 1.35. The molecule has 1 atom stereocenters. The maximum Gasteiger partial charge on any atom is 0.303 e. The lowest BCUT2D eigenvalue weighted by atomic mass is 9.99. The van der Waals surface area contributed by atoms with E-state index in [9.17, 15) is 17.6 Å². The number of carbonyl (C=O) groups is 1. The quantitative estimate of drug-likeness (QED) is 0.571. The van der Waals surface area contributed by atoms with E-state index in [1.807, 2.05) is 30.5 Å². The van der Waals surface area contributed by atoms with Crippen molar-refractivity contribution in [2.24, 2.45) is 5.92 Å². The van der Waals surface area contributed by atoms with Crippen LogP contribution in [0, 0.1) is 11.7 Å². The molecule has 32 heavy (non-hydrogen) atoms. The molecule has 170 valence electrons. The van der Waals surface area contributed by atoms with Crippen molar-refractivity contribution in [2.75, 3.05) is 31.0 Å². The first-order valence-electron chi connectivity index (χ1n) is 10.7. The van der Waals surface area contributed by atoms with E-state index in [0.29, 0.717) is 38.0 Å². The number of amides is 1. The van der Waals surface area contributed by atoms with Crippen LogP contribution in [0.4, 0.5) is 10.1 Å². The number of anilines is 1. The second-order valence-corrected chi connectivity index (χ2v) is 10.0. The SMILES string of the molecule is CN(c1ccc(F)cc1)S(=O)(=O)N1CCCC(C(=O)NCCc2c[nH]c3ccccc23)C1. The van der Waals surface area contributed by atoms with Gasteiger partial charge in [-0.1, -0.05) is 18.2 Å². The molecule has 1 aromatic heterocycles. The molecule has 4 rings (SSSR count). The molecule has 1 fully saturated rings. The molecule has 1 saturated heterocycles. The molecule has 1 unspecified atom stereocenters. The number of nitrogens with zero attached hydrogens (tertiary/aromatic N) is 2. The molecule has 0 aliphatic carbocycles. The van der Waals surface area contributed by atoms with Crippen molar-refractivity contribution in [3.63, 3.8) is 0 Å². The molecule has 9 heteroatoms. The number of aromatic nitrogens is 1. The van der Waals surface area contributed by atoms with Crippen molar-refractivity contribution < 1.29 is 17.6 Å². The van der Waals surface area contributed by atoms with Crippen LogP contribution < -0.4 is 9.62 Å². The molecule has 2 N–H and O–H groups in total. The van der Waals surface area contributed by atoms with Crippen LogP contribution in [0.5, 0.6) is 0 Å². The number of para-hydroxylation sites is 1. The maximum absolute atomic E-state index is 13.2. The zero-order valence-electron chi connectivity index (χ0n) is 17.9. The number of H-pyrrole nitrogens is 1. The van der Waals surface area contributed by atoms with Crippen LogP contribution >= 0.6 is 0 Å². The molecule has 2 heterocycles. The number of halogens is 1. The van der Waals surface area contributed by atoms with Gasteiger partial charge in [0, 0.05) is 43.8 Å². The minimum Gasteiger partial charge on any atom is -0.361 e. The molecule has 0 spiro atoms. The highest BCUT2D eigenvalue weighted by molar-refractivity contribution is 7.90. The fourth-order valence-corrected chi connectivity index (χ4v) is 5.59. The summed E-state index contributed by atoms with van der Waals surface area (Å²) in [5.41, 5.74) is 2.57. The van der Waals surface area contributed by atoms with Crippen LogP contribution in [0.3, 0.4) is 0 Å². The van der Waals surface area contributed by atoms with Gasteiger partial charge in [-0.15, -0.1) is 0 Å². The summed E-state index contributed by atoms with van der Waals surface area (Å²) in [4.78, 5) is 16.0. The number of rotatable bonds is 7. The molecular formula is C23H27FN4O3S. The Morgan fingerprint density at radius 1 is 1.22 bits per heavy atom. The monoisotopic (exact) mass is 458 g/mol. The topological polar surface area (TPSA) is 85.5 Å². The summed E-state index contributed by atoms with van der Waals surface area (Å²) < 4.78 is 41.8. The van der Waals surface area contributed by atoms with Gasteiger partial charge in [0.1, 0.15) is 5.82 Å². The van der Waals surface area contributed by atoms with Crippen molar-refractivity contribution in [3.05, 3.63) is 66.1 Å². The Morgan fingerprint density at radius 3 is 2.75 bits per heavy atom. The lowest BCUT2D eigenvalue weighted by Gasteiger charge is -2.34. The van der Waals surface area contributed by atoms with Gasteiger partial charge in [0.15, 0.2) is 0 Å². The Kier molecular flexibility index (Phi) is 6.48. The van der Waals surface area contributed by atoms with Gasteiger partial charge in [-0.25, -0.2) is 4.39 Å². The number of hydrogen-bond donors (Lipinski definition) is 2. The first-order valence-corrected chi connectivity index (χ1v) is 12.1. The Hall–Kier alpha value is -2.91. The molecule has 1 aliphatic heterocycles. The summed E-state index contributed by atoms with van der Waals surface area (Å²) in [5.74, 6) is -0.959. The van der Waals surface area contributed by atoms with E-state index in [1.165, 1.54) is 35.6 Å². The van der Waals surface area contributed by atoms with Gasteiger partial charge in [-0.3, -0.25) is 9.10 Å². The second-order valence-electron chi connectivity index (χ2n) is 8.05. The minimum absolute atomic E-state index is 0.130. The number of nitrogens with one attached hydrogen (secondary N) is 2. The fourth-order valence-electron chi connectivity index (χ4n) is 4.13. The highest BCUT2D eigenvalue weighted by Crippen LogP contribution is 2.24. The number of carbonyl (C=O) groups excluding carboxylic acids is 1. The standard InChI is InChI=1S/C23H27FN4O3S/c1-27(20-10-8-19(24)9-11-20)32(30,31)28-14-4-5-18(16-28)23(29)25-13-12-17-15-26-22-7-3-2-6-21(17)22/h2-3,6-11,15,18,26H,4-5,12-14,16H2,1H3,(H,25,29). The molecule has 7 nitrogen and oxygen atoms in total. The first-order chi connectivity index (χ1) is 15.4. The number of aromatic amines is 1. The highest BCUT2D eigenvalue weighted by atomic mass is 32.2. The molecular weight excluding hydrogens is 431 g/mol. The Morgan fingerprint density at radius 2 is 1.97 bits per heavy atom. The van der Waals surface area contributed by atoms with Gasteiger partial charge in [0.25, 0.3) is 0 Å². The zero-order chi connectivity index (χ0) is 22.7. The van der Waals surface area contributed by atoms with E-state index in [2.05, 4.69) is 10.3 Å². The van der Waals surface area contributed by atoms with Crippen LogP contribution in [-0.2, 0) is 21.4 Å². The van der Waals surface area contributed by atoms with Crippen LogP contribution in [0.15, 0.2) is 54.7 Å². The summed E-state index contributed by atoms with van der Waals surface area (Å²) in [7, 11) is -2.38. The van der Waals surface area contributed by atoms with Gasteiger partial charge < -0.3 is 10.3 Å². The molecule has 0 saturated carbocycles. The molecule has 1 aliphatic rings. The molecule has 2 aromatic carbocycles. The van der Waals surface area contributed by atoms with Crippen LogP contribution in [0.1, 0.15) is 18.4 Å². The minimum atomic E-state index is -3.81. The summed E-state index contributed by atoms with van der Waals surface area (Å²) in [6, 6.07) is 13.3. The van der Waals surface area contributed by atoms with Gasteiger partial charge >= 0.3 is 10.2 Å². The highest BCUT2D eigenvalue weighted by Gasteiger charge is 2.34. The first kappa shape index (κ1) is 22.3. The summed E-state index contributed by atoms with van der Waals surface area (Å²) in [6.07, 6.45) is 3.90. The molecule has 0 bridgehead atoms. The maximum atomic E-state index is 13.2. The lowest BCUT2D eigenvalue weighted by Crippen LogP contribution is -2.49. The largest absolute Gasteiger partial charge is 0.361 e.